The third-order valence-corrected chi connectivity index (χ3v) is 2.57. The van der Waals surface area contributed by atoms with Gasteiger partial charge in [0.05, 0.1) is 6.10 Å². The molecular weight excluding hydrogens is 148 g/mol. The average Bonchev–Trinajstić information content (AvgIpc) is 2.10. The Kier molecular flexibility index (Phi) is 7.58. The second-order valence-electron chi connectivity index (χ2n) is 3.67. The van der Waals surface area contributed by atoms with E-state index < -0.39 is 0 Å². The van der Waals surface area contributed by atoms with E-state index in [1.165, 1.54) is 25.7 Å². The topological polar surface area (TPSA) is 9.23 Å². The number of rotatable bonds is 7. The predicted octanol–water partition coefficient (Wildman–Crippen LogP) is 3.63. The Hall–Kier alpha value is -0.0400. The zero-order chi connectivity index (χ0) is 9.40. The molecule has 2 atom stereocenters. The van der Waals surface area contributed by atoms with Gasteiger partial charge in [-0.3, -0.25) is 0 Å². The molecule has 0 aromatic carbocycles. The van der Waals surface area contributed by atoms with Crippen LogP contribution < -0.4 is 0 Å². The summed E-state index contributed by atoms with van der Waals surface area (Å²) in [5, 5.41) is 0. The van der Waals surface area contributed by atoms with Crippen LogP contribution in [0.25, 0.3) is 0 Å². The van der Waals surface area contributed by atoms with Crippen LogP contribution in [0.2, 0.25) is 0 Å². The Morgan fingerprint density at radius 2 is 1.75 bits per heavy atom. The van der Waals surface area contributed by atoms with Crippen LogP contribution in [0.5, 0.6) is 0 Å². The molecule has 0 rings (SSSR count). The predicted molar refractivity (Wildman–Crippen MR) is 54.4 cm³/mol. The monoisotopic (exact) mass is 172 g/mol. The molecule has 0 aliphatic rings. The van der Waals surface area contributed by atoms with E-state index in [0.717, 1.165) is 6.61 Å². The van der Waals surface area contributed by atoms with Crippen molar-refractivity contribution in [3.05, 3.63) is 0 Å². The summed E-state index contributed by atoms with van der Waals surface area (Å²) in [5.74, 6) is 0.701. The molecule has 74 valence electrons. The second-order valence-corrected chi connectivity index (χ2v) is 3.67. The first-order valence-corrected chi connectivity index (χ1v) is 5.33. The lowest BCUT2D eigenvalue weighted by atomic mass is 10.0. The zero-order valence-electron chi connectivity index (χ0n) is 9.10. The maximum Gasteiger partial charge on any atom is 0.0572 e. The van der Waals surface area contributed by atoms with E-state index in [9.17, 15) is 0 Å². The van der Waals surface area contributed by atoms with Gasteiger partial charge in [-0.25, -0.2) is 0 Å². The highest BCUT2D eigenvalue weighted by molar-refractivity contribution is 4.58. The lowest BCUT2D eigenvalue weighted by Gasteiger charge is -2.18. The Morgan fingerprint density at radius 3 is 2.25 bits per heavy atom. The van der Waals surface area contributed by atoms with Crippen molar-refractivity contribution in [3.63, 3.8) is 0 Å². The Bertz CT molecular complexity index is 91.0. The first-order valence-electron chi connectivity index (χ1n) is 5.33. The lowest BCUT2D eigenvalue weighted by Crippen LogP contribution is -2.17. The van der Waals surface area contributed by atoms with Crippen LogP contribution in [0.4, 0.5) is 0 Å². The first-order chi connectivity index (χ1) is 5.72. The summed E-state index contributed by atoms with van der Waals surface area (Å²) < 4.78 is 5.70. The number of hydrogen-bond acceptors (Lipinski definition) is 1. The fourth-order valence-corrected chi connectivity index (χ4v) is 1.12. The molecule has 0 aromatic rings. The van der Waals surface area contributed by atoms with E-state index in [0.29, 0.717) is 12.0 Å². The first kappa shape index (κ1) is 12.0. The molecule has 0 aliphatic carbocycles. The van der Waals surface area contributed by atoms with Crippen LogP contribution in [0, 0.1) is 5.92 Å². The maximum atomic E-state index is 5.70. The molecule has 1 heteroatoms. The molecule has 0 fully saturated rings. The normalized spacial score (nSPS) is 16.0. The summed E-state index contributed by atoms with van der Waals surface area (Å²) in [6.45, 7) is 9.82. The molecule has 0 amide bonds. The van der Waals surface area contributed by atoms with E-state index in [1.807, 2.05) is 0 Å². The molecule has 0 spiro atoms. The van der Waals surface area contributed by atoms with Crippen LogP contribution in [0.1, 0.15) is 53.4 Å². The SMILES string of the molecule is CCCCCOC(C)C(C)CC. The molecule has 0 bridgehead atoms. The highest BCUT2D eigenvalue weighted by Gasteiger charge is 2.09. The minimum Gasteiger partial charge on any atom is -0.378 e. The standard InChI is InChI=1S/C11H24O/c1-5-7-8-9-12-11(4)10(3)6-2/h10-11H,5-9H2,1-4H3. The highest BCUT2D eigenvalue weighted by atomic mass is 16.5. The number of ether oxygens (including phenoxy) is 1. The van der Waals surface area contributed by atoms with E-state index in [4.69, 9.17) is 4.74 Å². The fourth-order valence-electron chi connectivity index (χ4n) is 1.12. The molecular formula is C11H24O. The van der Waals surface area contributed by atoms with Gasteiger partial charge in [0.1, 0.15) is 0 Å². The van der Waals surface area contributed by atoms with Gasteiger partial charge in [0.15, 0.2) is 0 Å². The lowest BCUT2D eigenvalue weighted by molar-refractivity contribution is 0.0271. The molecule has 1 nitrogen and oxygen atoms in total. The summed E-state index contributed by atoms with van der Waals surface area (Å²) >= 11 is 0. The number of unbranched alkanes of at least 4 members (excludes halogenated alkanes) is 2. The van der Waals surface area contributed by atoms with Gasteiger partial charge >= 0.3 is 0 Å². The molecule has 0 saturated heterocycles. The van der Waals surface area contributed by atoms with E-state index in [2.05, 4.69) is 27.7 Å². The molecule has 0 aliphatic heterocycles. The van der Waals surface area contributed by atoms with Gasteiger partial charge in [0.2, 0.25) is 0 Å². The van der Waals surface area contributed by atoms with E-state index in [-0.39, 0.29) is 0 Å². The van der Waals surface area contributed by atoms with Crippen LogP contribution in [0.15, 0.2) is 0 Å². The van der Waals surface area contributed by atoms with Gasteiger partial charge in [-0.1, -0.05) is 40.0 Å². The van der Waals surface area contributed by atoms with Crippen molar-refractivity contribution in [1.82, 2.24) is 0 Å². The van der Waals surface area contributed by atoms with Crippen LogP contribution >= 0.6 is 0 Å². The Labute approximate surface area is 77.5 Å². The van der Waals surface area contributed by atoms with Crippen molar-refractivity contribution in [1.29, 1.82) is 0 Å². The second kappa shape index (κ2) is 7.60. The largest absolute Gasteiger partial charge is 0.378 e. The third kappa shape index (κ3) is 5.59. The maximum absolute atomic E-state index is 5.70. The minimum atomic E-state index is 0.437. The van der Waals surface area contributed by atoms with Gasteiger partial charge in [0, 0.05) is 6.61 Å². The van der Waals surface area contributed by atoms with Gasteiger partial charge < -0.3 is 4.74 Å². The minimum absolute atomic E-state index is 0.437. The zero-order valence-corrected chi connectivity index (χ0v) is 9.10. The van der Waals surface area contributed by atoms with Crippen molar-refractivity contribution in [2.24, 2.45) is 5.92 Å². The quantitative estimate of drug-likeness (QED) is 0.533. The van der Waals surface area contributed by atoms with Crippen molar-refractivity contribution in [2.45, 2.75) is 59.5 Å². The summed E-state index contributed by atoms with van der Waals surface area (Å²) in [6.07, 6.45) is 5.45. The van der Waals surface area contributed by atoms with Crippen LogP contribution in [0.3, 0.4) is 0 Å². The average molecular weight is 172 g/mol. The van der Waals surface area contributed by atoms with E-state index in [1.54, 1.807) is 0 Å². The molecule has 0 aromatic heterocycles. The summed E-state index contributed by atoms with van der Waals surface area (Å²) in [4.78, 5) is 0. The van der Waals surface area contributed by atoms with Gasteiger partial charge in [-0.2, -0.15) is 0 Å². The van der Waals surface area contributed by atoms with Gasteiger partial charge in [0.25, 0.3) is 0 Å². The number of hydrogen-bond donors (Lipinski definition) is 0. The van der Waals surface area contributed by atoms with Crippen molar-refractivity contribution in [2.75, 3.05) is 6.61 Å². The van der Waals surface area contributed by atoms with Crippen molar-refractivity contribution in [3.8, 4) is 0 Å². The molecule has 0 saturated carbocycles. The fraction of sp³-hybridized carbons (Fsp3) is 1.00. The molecule has 12 heavy (non-hydrogen) atoms. The third-order valence-electron chi connectivity index (χ3n) is 2.57. The van der Waals surface area contributed by atoms with Crippen molar-refractivity contribution < 1.29 is 4.74 Å². The molecule has 0 heterocycles. The van der Waals surface area contributed by atoms with E-state index >= 15 is 0 Å². The van der Waals surface area contributed by atoms with Gasteiger partial charge in [-0.15, -0.1) is 0 Å². The smallest absolute Gasteiger partial charge is 0.0572 e. The molecule has 0 N–H and O–H groups in total. The van der Waals surface area contributed by atoms with Crippen LogP contribution in [-0.4, -0.2) is 12.7 Å². The molecule has 0 radical (unpaired) electrons. The van der Waals surface area contributed by atoms with Gasteiger partial charge in [-0.05, 0) is 19.3 Å². The Balaban J connectivity index is 3.24. The summed E-state index contributed by atoms with van der Waals surface area (Å²) in [5.41, 5.74) is 0. The summed E-state index contributed by atoms with van der Waals surface area (Å²) in [6, 6.07) is 0. The summed E-state index contributed by atoms with van der Waals surface area (Å²) in [7, 11) is 0. The highest BCUT2D eigenvalue weighted by Crippen LogP contribution is 2.11. The van der Waals surface area contributed by atoms with Crippen LogP contribution in [-0.2, 0) is 4.74 Å². The molecule has 2 unspecified atom stereocenters. The Morgan fingerprint density at radius 1 is 1.08 bits per heavy atom. The van der Waals surface area contributed by atoms with Crippen molar-refractivity contribution >= 4 is 0 Å².